The number of rotatable bonds is 5. The minimum Gasteiger partial charge on any atom is -0.294 e. The Morgan fingerprint density at radius 3 is 2.62 bits per heavy atom. The first-order chi connectivity index (χ1) is 9.95. The Balaban J connectivity index is 2.20. The summed E-state index contributed by atoms with van der Waals surface area (Å²) in [6, 6.07) is 8.26. The van der Waals surface area contributed by atoms with E-state index in [9.17, 15) is 0 Å². The average Bonchev–Trinajstić information content (AvgIpc) is 2.74. The zero-order valence-corrected chi connectivity index (χ0v) is 15.2. The third kappa shape index (κ3) is 3.50. The molecule has 2 rings (SSSR count). The molecule has 0 aliphatic rings. The van der Waals surface area contributed by atoms with Gasteiger partial charge in [0, 0.05) is 24.7 Å². The standard InChI is InChI=1S/C16H21BrClN3/c1-5-14-16(17)15(21(4)19-14)10-20(3)11(2)12-8-6-7-9-13(12)18/h6-9,11H,5,10H2,1-4H3. The molecule has 0 spiro atoms. The summed E-state index contributed by atoms with van der Waals surface area (Å²) < 4.78 is 3.07. The highest BCUT2D eigenvalue weighted by Crippen LogP contribution is 2.29. The second kappa shape index (κ2) is 6.95. The predicted molar refractivity (Wildman–Crippen MR) is 91.6 cm³/mol. The van der Waals surface area contributed by atoms with Crippen molar-refractivity contribution in [2.75, 3.05) is 7.05 Å². The summed E-state index contributed by atoms with van der Waals surface area (Å²) in [5, 5.41) is 5.36. The van der Waals surface area contributed by atoms with E-state index in [4.69, 9.17) is 11.6 Å². The molecule has 21 heavy (non-hydrogen) atoms. The highest BCUT2D eigenvalue weighted by Gasteiger charge is 2.19. The molecule has 114 valence electrons. The van der Waals surface area contributed by atoms with E-state index in [1.165, 1.54) is 5.69 Å². The lowest BCUT2D eigenvalue weighted by Crippen LogP contribution is -2.23. The molecule has 0 saturated heterocycles. The fraction of sp³-hybridized carbons (Fsp3) is 0.438. The Morgan fingerprint density at radius 1 is 1.38 bits per heavy atom. The molecule has 2 aromatic rings. The first kappa shape index (κ1) is 16.5. The van der Waals surface area contributed by atoms with Crippen LogP contribution < -0.4 is 0 Å². The van der Waals surface area contributed by atoms with Gasteiger partial charge in [-0.15, -0.1) is 0 Å². The van der Waals surface area contributed by atoms with Crippen LogP contribution in [0.25, 0.3) is 0 Å². The molecule has 0 amide bonds. The van der Waals surface area contributed by atoms with Crippen LogP contribution in [-0.4, -0.2) is 21.7 Å². The smallest absolute Gasteiger partial charge is 0.0767 e. The summed E-state index contributed by atoms with van der Waals surface area (Å²) in [6.07, 6.45) is 0.929. The van der Waals surface area contributed by atoms with Gasteiger partial charge in [-0.2, -0.15) is 5.10 Å². The van der Waals surface area contributed by atoms with Crippen molar-refractivity contribution in [1.82, 2.24) is 14.7 Å². The predicted octanol–water partition coefficient (Wildman–Crippen LogP) is 4.59. The number of hydrogen-bond acceptors (Lipinski definition) is 2. The van der Waals surface area contributed by atoms with Gasteiger partial charge >= 0.3 is 0 Å². The largest absolute Gasteiger partial charge is 0.294 e. The van der Waals surface area contributed by atoms with Gasteiger partial charge in [0.15, 0.2) is 0 Å². The molecule has 3 nitrogen and oxygen atoms in total. The lowest BCUT2D eigenvalue weighted by atomic mass is 10.1. The Hall–Kier alpha value is -0.840. The average molecular weight is 371 g/mol. The summed E-state index contributed by atoms with van der Waals surface area (Å²) >= 11 is 9.98. The number of halogens is 2. The van der Waals surface area contributed by atoms with Gasteiger partial charge in [-0.05, 0) is 48.0 Å². The van der Waals surface area contributed by atoms with Gasteiger partial charge in [-0.3, -0.25) is 9.58 Å². The maximum atomic E-state index is 6.30. The van der Waals surface area contributed by atoms with Crippen LogP contribution in [0.4, 0.5) is 0 Å². The summed E-state index contributed by atoms with van der Waals surface area (Å²) in [5.74, 6) is 0. The molecule has 1 aromatic heterocycles. The monoisotopic (exact) mass is 369 g/mol. The van der Waals surface area contributed by atoms with E-state index in [1.807, 2.05) is 29.9 Å². The second-order valence-electron chi connectivity index (χ2n) is 5.30. The van der Waals surface area contributed by atoms with Crippen molar-refractivity contribution in [2.45, 2.75) is 32.9 Å². The number of hydrogen-bond donors (Lipinski definition) is 0. The van der Waals surface area contributed by atoms with Crippen molar-refractivity contribution >= 4 is 27.5 Å². The van der Waals surface area contributed by atoms with E-state index in [-0.39, 0.29) is 6.04 Å². The van der Waals surface area contributed by atoms with Crippen LogP contribution in [0.1, 0.15) is 36.8 Å². The number of benzene rings is 1. The Kier molecular flexibility index (Phi) is 5.47. The molecule has 1 aromatic carbocycles. The van der Waals surface area contributed by atoms with E-state index in [1.54, 1.807) is 0 Å². The number of aryl methyl sites for hydroxylation is 2. The maximum absolute atomic E-state index is 6.30. The highest BCUT2D eigenvalue weighted by molar-refractivity contribution is 9.10. The second-order valence-corrected chi connectivity index (χ2v) is 6.50. The Bertz CT molecular complexity index is 624. The number of aromatic nitrogens is 2. The fourth-order valence-corrected chi connectivity index (χ4v) is 3.45. The molecule has 0 aliphatic heterocycles. The molecular weight excluding hydrogens is 350 g/mol. The third-order valence-corrected chi connectivity index (χ3v) is 5.18. The highest BCUT2D eigenvalue weighted by atomic mass is 79.9. The maximum Gasteiger partial charge on any atom is 0.0767 e. The van der Waals surface area contributed by atoms with Crippen LogP contribution in [0.2, 0.25) is 5.02 Å². The molecule has 0 fully saturated rings. The summed E-state index contributed by atoms with van der Waals surface area (Å²) in [7, 11) is 4.10. The zero-order chi connectivity index (χ0) is 15.6. The Labute approximate surface area is 140 Å². The molecule has 0 radical (unpaired) electrons. The van der Waals surface area contributed by atoms with E-state index < -0.39 is 0 Å². The molecule has 0 N–H and O–H groups in total. The number of nitrogens with zero attached hydrogens (tertiary/aromatic N) is 3. The van der Waals surface area contributed by atoms with Gasteiger partial charge in [0.2, 0.25) is 0 Å². The zero-order valence-electron chi connectivity index (χ0n) is 12.9. The SMILES string of the molecule is CCc1nn(C)c(CN(C)C(C)c2ccccc2Cl)c1Br. The summed E-state index contributed by atoms with van der Waals surface area (Å²) in [4.78, 5) is 2.28. The fourth-order valence-electron chi connectivity index (χ4n) is 2.42. The molecule has 1 heterocycles. The third-order valence-electron chi connectivity index (χ3n) is 3.92. The van der Waals surface area contributed by atoms with E-state index in [0.717, 1.165) is 33.7 Å². The quantitative estimate of drug-likeness (QED) is 0.767. The topological polar surface area (TPSA) is 21.1 Å². The molecule has 5 heteroatoms. The molecule has 1 atom stereocenters. The van der Waals surface area contributed by atoms with Crippen LogP contribution >= 0.6 is 27.5 Å². The van der Waals surface area contributed by atoms with Crippen molar-refractivity contribution in [2.24, 2.45) is 7.05 Å². The lowest BCUT2D eigenvalue weighted by molar-refractivity contribution is 0.246. The summed E-state index contributed by atoms with van der Waals surface area (Å²) in [5.41, 5.74) is 3.44. The minimum atomic E-state index is 0.241. The molecule has 0 bridgehead atoms. The van der Waals surface area contributed by atoms with Crippen molar-refractivity contribution < 1.29 is 0 Å². The van der Waals surface area contributed by atoms with Crippen LogP contribution in [-0.2, 0) is 20.0 Å². The van der Waals surface area contributed by atoms with Crippen molar-refractivity contribution in [3.8, 4) is 0 Å². The van der Waals surface area contributed by atoms with E-state index in [2.05, 4.69) is 52.9 Å². The minimum absolute atomic E-state index is 0.241. The molecule has 1 unspecified atom stereocenters. The van der Waals surface area contributed by atoms with Gasteiger partial charge < -0.3 is 0 Å². The Morgan fingerprint density at radius 2 is 2.05 bits per heavy atom. The van der Waals surface area contributed by atoms with Crippen LogP contribution in [0.5, 0.6) is 0 Å². The van der Waals surface area contributed by atoms with Gasteiger partial charge in [-0.1, -0.05) is 36.7 Å². The van der Waals surface area contributed by atoms with Crippen LogP contribution in [0, 0.1) is 0 Å². The van der Waals surface area contributed by atoms with Crippen molar-refractivity contribution in [3.05, 3.63) is 50.7 Å². The lowest BCUT2D eigenvalue weighted by Gasteiger charge is -2.26. The molecular formula is C16H21BrClN3. The van der Waals surface area contributed by atoms with Crippen LogP contribution in [0.15, 0.2) is 28.7 Å². The first-order valence-electron chi connectivity index (χ1n) is 7.10. The first-order valence-corrected chi connectivity index (χ1v) is 8.27. The molecule has 0 saturated carbocycles. The van der Waals surface area contributed by atoms with Crippen molar-refractivity contribution in [3.63, 3.8) is 0 Å². The normalized spacial score (nSPS) is 12.9. The van der Waals surface area contributed by atoms with E-state index >= 15 is 0 Å². The summed E-state index contributed by atoms with van der Waals surface area (Å²) in [6.45, 7) is 5.11. The van der Waals surface area contributed by atoms with E-state index in [0.29, 0.717) is 0 Å². The van der Waals surface area contributed by atoms with Crippen molar-refractivity contribution in [1.29, 1.82) is 0 Å². The van der Waals surface area contributed by atoms with Gasteiger partial charge in [0.25, 0.3) is 0 Å². The van der Waals surface area contributed by atoms with Crippen LogP contribution in [0.3, 0.4) is 0 Å². The molecule has 0 aliphatic carbocycles. The van der Waals surface area contributed by atoms with Gasteiger partial charge in [0.1, 0.15) is 0 Å². The van der Waals surface area contributed by atoms with Gasteiger partial charge in [0.05, 0.1) is 15.9 Å². The van der Waals surface area contributed by atoms with Gasteiger partial charge in [-0.25, -0.2) is 0 Å².